The fourth-order valence-electron chi connectivity index (χ4n) is 1.51. The molecule has 0 aliphatic carbocycles. The minimum absolute atomic E-state index is 0. The number of carbonyl (C=O) groups excluding carboxylic acids is 2. The number of nitrogens with one attached hydrogen (secondary N) is 2. The maximum absolute atomic E-state index is 11.9. The van der Waals surface area contributed by atoms with Crippen LogP contribution < -0.4 is 16.4 Å². The number of benzene rings is 1. The van der Waals surface area contributed by atoms with Crippen molar-refractivity contribution in [3.05, 3.63) is 29.8 Å². The van der Waals surface area contributed by atoms with Crippen molar-refractivity contribution in [2.45, 2.75) is 34.2 Å². The average molecular weight is 328 g/mol. The molecule has 1 aromatic rings. The van der Waals surface area contributed by atoms with Gasteiger partial charge in [-0.3, -0.25) is 9.59 Å². The lowest BCUT2D eigenvalue weighted by atomic mass is 9.92. The summed E-state index contributed by atoms with van der Waals surface area (Å²) in [7, 11) is 0. The largest absolute Gasteiger partial charge is 0.352 e. The molecule has 0 aliphatic heterocycles. The third-order valence-corrected chi connectivity index (χ3v) is 3.32. The van der Waals surface area contributed by atoms with Crippen LogP contribution in [0.3, 0.4) is 0 Å². The van der Waals surface area contributed by atoms with Crippen LogP contribution in [0, 0.1) is 11.3 Å². The van der Waals surface area contributed by atoms with Gasteiger partial charge in [-0.2, -0.15) is 0 Å². The molecule has 0 bridgehead atoms. The minimum Gasteiger partial charge on any atom is -0.352 e. The summed E-state index contributed by atoms with van der Waals surface area (Å²) < 4.78 is 0. The standard InChI is InChI=1S/C16H25N3O2.ClH/c1-11(2)14(20)19-13-7-5-12(6-8-13)9-18-15(21)16(3,4)10-17;/h5-8,11H,9-10,17H2,1-4H3,(H,18,21)(H,19,20);1H. The quantitative estimate of drug-likeness (QED) is 0.749. The molecule has 5 nitrogen and oxygen atoms in total. The van der Waals surface area contributed by atoms with Crippen LogP contribution in [0.4, 0.5) is 5.69 Å². The van der Waals surface area contributed by atoms with Crippen molar-refractivity contribution < 1.29 is 9.59 Å². The zero-order valence-corrected chi connectivity index (χ0v) is 14.4. The Morgan fingerprint density at radius 3 is 2.18 bits per heavy atom. The molecule has 0 saturated heterocycles. The van der Waals surface area contributed by atoms with Crippen molar-refractivity contribution in [2.75, 3.05) is 11.9 Å². The number of amides is 2. The Bertz CT molecular complexity index is 499. The van der Waals surface area contributed by atoms with Crippen LogP contribution in [0.2, 0.25) is 0 Å². The van der Waals surface area contributed by atoms with E-state index >= 15 is 0 Å². The molecule has 2 amide bonds. The first-order valence-electron chi connectivity index (χ1n) is 7.14. The summed E-state index contributed by atoms with van der Waals surface area (Å²) in [6.07, 6.45) is 0. The third-order valence-electron chi connectivity index (χ3n) is 3.32. The highest BCUT2D eigenvalue weighted by Crippen LogP contribution is 2.14. The van der Waals surface area contributed by atoms with Gasteiger partial charge in [0.1, 0.15) is 0 Å². The smallest absolute Gasteiger partial charge is 0.227 e. The third kappa shape index (κ3) is 6.03. The second kappa shape index (κ2) is 8.76. The monoisotopic (exact) mass is 327 g/mol. The van der Waals surface area contributed by atoms with Crippen LogP contribution >= 0.6 is 12.4 Å². The van der Waals surface area contributed by atoms with Gasteiger partial charge in [0.2, 0.25) is 11.8 Å². The lowest BCUT2D eigenvalue weighted by Crippen LogP contribution is -2.41. The van der Waals surface area contributed by atoms with Crippen molar-refractivity contribution in [1.29, 1.82) is 0 Å². The Morgan fingerprint density at radius 2 is 1.73 bits per heavy atom. The molecule has 124 valence electrons. The molecule has 0 unspecified atom stereocenters. The van der Waals surface area contributed by atoms with E-state index in [4.69, 9.17) is 5.73 Å². The van der Waals surface area contributed by atoms with Gasteiger partial charge in [0.05, 0.1) is 5.41 Å². The predicted molar refractivity (Wildman–Crippen MR) is 91.8 cm³/mol. The van der Waals surface area contributed by atoms with Gasteiger partial charge in [-0.15, -0.1) is 12.4 Å². The molecule has 0 heterocycles. The highest BCUT2D eigenvalue weighted by Gasteiger charge is 2.25. The second-order valence-electron chi connectivity index (χ2n) is 6.11. The molecular weight excluding hydrogens is 302 g/mol. The normalized spacial score (nSPS) is 10.8. The number of nitrogens with two attached hydrogens (primary N) is 1. The van der Waals surface area contributed by atoms with Crippen LogP contribution in [0.1, 0.15) is 33.3 Å². The Hall–Kier alpha value is -1.59. The number of carbonyl (C=O) groups is 2. The molecule has 0 spiro atoms. The first-order chi connectivity index (χ1) is 9.76. The van der Waals surface area contributed by atoms with Crippen molar-refractivity contribution in [2.24, 2.45) is 17.1 Å². The van der Waals surface area contributed by atoms with E-state index in [0.29, 0.717) is 13.1 Å². The molecule has 0 aliphatic rings. The molecule has 1 aromatic carbocycles. The highest BCUT2D eigenvalue weighted by molar-refractivity contribution is 5.92. The second-order valence-corrected chi connectivity index (χ2v) is 6.11. The van der Waals surface area contributed by atoms with E-state index < -0.39 is 5.41 Å². The van der Waals surface area contributed by atoms with E-state index in [0.717, 1.165) is 11.3 Å². The van der Waals surface area contributed by atoms with Crippen molar-refractivity contribution in [1.82, 2.24) is 5.32 Å². The Kier molecular flexibility index (Phi) is 8.12. The summed E-state index contributed by atoms with van der Waals surface area (Å²) in [6, 6.07) is 7.42. The minimum atomic E-state index is -0.564. The summed E-state index contributed by atoms with van der Waals surface area (Å²) in [4.78, 5) is 23.5. The molecule has 0 radical (unpaired) electrons. The summed E-state index contributed by atoms with van der Waals surface area (Å²) in [6.45, 7) is 8.07. The van der Waals surface area contributed by atoms with E-state index in [2.05, 4.69) is 10.6 Å². The molecule has 22 heavy (non-hydrogen) atoms. The van der Waals surface area contributed by atoms with Gasteiger partial charge in [0.25, 0.3) is 0 Å². The lowest BCUT2D eigenvalue weighted by molar-refractivity contribution is -0.129. The van der Waals surface area contributed by atoms with Crippen LogP contribution in [0.5, 0.6) is 0 Å². The maximum atomic E-state index is 11.9. The SMILES string of the molecule is CC(C)C(=O)Nc1ccc(CNC(=O)C(C)(C)CN)cc1.Cl. The summed E-state index contributed by atoms with van der Waals surface area (Å²) in [5.74, 6) is -0.134. The van der Waals surface area contributed by atoms with E-state index in [1.807, 2.05) is 52.0 Å². The maximum Gasteiger partial charge on any atom is 0.227 e. The van der Waals surface area contributed by atoms with E-state index in [1.54, 1.807) is 0 Å². The van der Waals surface area contributed by atoms with Crippen molar-refractivity contribution >= 4 is 29.9 Å². The topological polar surface area (TPSA) is 84.2 Å². The molecular formula is C16H26ClN3O2. The Morgan fingerprint density at radius 1 is 1.18 bits per heavy atom. The predicted octanol–water partition coefficient (Wildman–Crippen LogP) is 2.30. The number of hydrogen-bond acceptors (Lipinski definition) is 3. The van der Waals surface area contributed by atoms with Crippen LogP contribution in [0.15, 0.2) is 24.3 Å². The van der Waals surface area contributed by atoms with Gasteiger partial charge in [0.15, 0.2) is 0 Å². The van der Waals surface area contributed by atoms with Crippen molar-refractivity contribution in [3.8, 4) is 0 Å². The van der Waals surface area contributed by atoms with E-state index in [9.17, 15) is 9.59 Å². The molecule has 6 heteroatoms. The van der Waals surface area contributed by atoms with Gasteiger partial charge in [-0.1, -0.05) is 26.0 Å². The van der Waals surface area contributed by atoms with Crippen LogP contribution in [-0.2, 0) is 16.1 Å². The number of rotatable bonds is 6. The fraction of sp³-hybridized carbons (Fsp3) is 0.500. The summed E-state index contributed by atoms with van der Waals surface area (Å²) >= 11 is 0. The number of halogens is 1. The molecule has 4 N–H and O–H groups in total. The van der Waals surface area contributed by atoms with Gasteiger partial charge >= 0.3 is 0 Å². The molecule has 0 saturated carbocycles. The first kappa shape index (κ1) is 20.4. The van der Waals surface area contributed by atoms with Crippen LogP contribution in [0.25, 0.3) is 0 Å². The van der Waals surface area contributed by atoms with Crippen LogP contribution in [-0.4, -0.2) is 18.4 Å². The molecule has 1 rings (SSSR count). The Labute approximate surface area is 138 Å². The van der Waals surface area contributed by atoms with Gasteiger partial charge < -0.3 is 16.4 Å². The zero-order valence-electron chi connectivity index (χ0n) is 13.6. The van der Waals surface area contributed by atoms with E-state index in [1.165, 1.54) is 0 Å². The van der Waals surface area contributed by atoms with Gasteiger partial charge in [-0.05, 0) is 31.5 Å². The van der Waals surface area contributed by atoms with E-state index in [-0.39, 0.29) is 30.1 Å². The Balaban J connectivity index is 0.00000441. The van der Waals surface area contributed by atoms with Crippen molar-refractivity contribution in [3.63, 3.8) is 0 Å². The number of hydrogen-bond donors (Lipinski definition) is 3. The first-order valence-corrected chi connectivity index (χ1v) is 7.14. The fourth-order valence-corrected chi connectivity index (χ4v) is 1.51. The average Bonchev–Trinajstić information content (AvgIpc) is 2.45. The molecule has 0 aromatic heterocycles. The molecule has 0 fully saturated rings. The lowest BCUT2D eigenvalue weighted by Gasteiger charge is -2.21. The van der Waals surface area contributed by atoms with Gasteiger partial charge in [-0.25, -0.2) is 0 Å². The molecule has 0 atom stereocenters. The zero-order chi connectivity index (χ0) is 16.0. The number of anilines is 1. The highest BCUT2D eigenvalue weighted by atomic mass is 35.5. The van der Waals surface area contributed by atoms with Gasteiger partial charge in [0, 0.05) is 24.7 Å². The summed E-state index contributed by atoms with van der Waals surface area (Å²) in [5.41, 5.74) is 6.73. The summed E-state index contributed by atoms with van der Waals surface area (Å²) in [5, 5.41) is 5.69.